The van der Waals surface area contributed by atoms with Gasteiger partial charge >= 0.3 is 5.69 Å². The van der Waals surface area contributed by atoms with Gasteiger partial charge in [-0.1, -0.05) is 0 Å². The van der Waals surface area contributed by atoms with Gasteiger partial charge in [-0.05, 0) is 49.2 Å². The van der Waals surface area contributed by atoms with Crippen molar-refractivity contribution >= 4 is 16.9 Å². The smallest absolute Gasteiger partial charge is 0.328 e. The van der Waals surface area contributed by atoms with Crippen molar-refractivity contribution in [1.29, 1.82) is 0 Å². The third-order valence-corrected chi connectivity index (χ3v) is 4.61. The normalized spacial score (nSPS) is 11.0. The fourth-order valence-corrected chi connectivity index (χ4v) is 3.04. The van der Waals surface area contributed by atoms with Gasteiger partial charge in [-0.15, -0.1) is 0 Å². The second-order valence-corrected chi connectivity index (χ2v) is 6.09. The molecule has 0 fully saturated rings. The van der Waals surface area contributed by atoms with E-state index in [4.69, 9.17) is 0 Å². The second-order valence-electron chi connectivity index (χ2n) is 6.09. The lowest BCUT2D eigenvalue weighted by molar-refractivity contribution is 0.0766. The van der Waals surface area contributed by atoms with Crippen LogP contribution >= 0.6 is 0 Å². The molecule has 6 heteroatoms. The van der Waals surface area contributed by atoms with Gasteiger partial charge in [0.05, 0.1) is 11.0 Å². The van der Waals surface area contributed by atoms with Crippen molar-refractivity contribution in [3.8, 4) is 0 Å². The van der Waals surface area contributed by atoms with Gasteiger partial charge in [0.25, 0.3) is 5.91 Å². The number of amides is 1. The maximum absolute atomic E-state index is 12.9. The maximum atomic E-state index is 12.9. The zero-order valence-electron chi connectivity index (χ0n) is 14.8. The first-order valence-corrected chi connectivity index (χ1v) is 8.36. The summed E-state index contributed by atoms with van der Waals surface area (Å²) in [5.41, 5.74) is 3.25. The van der Waals surface area contributed by atoms with Crippen LogP contribution in [0.4, 0.5) is 0 Å². The van der Waals surface area contributed by atoms with Gasteiger partial charge in [0.1, 0.15) is 0 Å². The van der Waals surface area contributed by atoms with E-state index < -0.39 is 0 Å². The van der Waals surface area contributed by atoms with E-state index in [0.717, 1.165) is 23.0 Å². The van der Waals surface area contributed by atoms with Crippen LogP contribution in [0, 0.1) is 0 Å². The first-order valence-electron chi connectivity index (χ1n) is 8.36. The molecule has 0 saturated heterocycles. The molecular formula is C19H22N4O2. The molecule has 0 bridgehead atoms. The van der Waals surface area contributed by atoms with E-state index in [1.165, 1.54) is 0 Å². The number of carbonyl (C=O) groups is 1. The summed E-state index contributed by atoms with van der Waals surface area (Å²) < 4.78 is 3.16. The van der Waals surface area contributed by atoms with Gasteiger partial charge in [-0.3, -0.25) is 18.9 Å². The van der Waals surface area contributed by atoms with Crippen molar-refractivity contribution in [2.75, 3.05) is 13.1 Å². The van der Waals surface area contributed by atoms with Gasteiger partial charge in [0.15, 0.2) is 0 Å². The highest BCUT2D eigenvalue weighted by atomic mass is 16.2. The summed E-state index contributed by atoms with van der Waals surface area (Å²) in [6.45, 7) is 3.25. The molecule has 2 aromatic heterocycles. The molecule has 0 saturated carbocycles. The minimum Gasteiger partial charge on any atom is -0.339 e. The Kier molecular flexibility index (Phi) is 4.70. The number of nitrogens with zero attached hydrogens (tertiary/aromatic N) is 4. The Morgan fingerprint density at radius 1 is 1.08 bits per heavy atom. The Balaban J connectivity index is 1.84. The second kappa shape index (κ2) is 6.93. The van der Waals surface area contributed by atoms with Gasteiger partial charge in [-0.2, -0.15) is 0 Å². The molecule has 0 atom stereocenters. The number of hydrogen-bond donors (Lipinski definition) is 0. The Hall–Kier alpha value is -2.89. The van der Waals surface area contributed by atoms with Crippen LogP contribution in [0.1, 0.15) is 22.8 Å². The molecule has 0 radical (unpaired) electrons. The van der Waals surface area contributed by atoms with E-state index in [1.54, 1.807) is 47.8 Å². The van der Waals surface area contributed by atoms with Gasteiger partial charge in [0.2, 0.25) is 0 Å². The average Bonchev–Trinajstić information content (AvgIpc) is 2.87. The number of aromatic nitrogens is 3. The Bertz CT molecular complexity index is 957. The highest BCUT2D eigenvalue weighted by Crippen LogP contribution is 2.16. The lowest BCUT2D eigenvalue weighted by Crippen LogP contribution is -2.32. The standard InChI is InChI=1S/C19H22N4O2/c1-4-23(12-9-14-7-10-20-11-8-14)18(24)15-5-6-16-17(13-15)22(3)19(25)21(16)2/h5-8,10-11,13H,4,9,12H2,1-3H3. The maximum Gasteiger partial charge on any atom is 0.328 e. The number of fused-ring (bicyclic) bond motifs is 1. The topological polar surface area (TPSA) is 60.1 Å². The number of carbonyl (C=O) groups excluding carboxylic acids is 1. The molecular weight excluding hydrogens is 316 g/mol. The van der Waals surface area contributed by atoms with E-state index in [1.807, 2.05) is 30.0 Å². The number of pyridine rings is 1. The van der Waals surface area contributed by atoms with E-state index in [-0.39, 0.29) is 11.6 Å². The third kappa shape index (κ3) is 3.20. The lowest BCUT2D eigenvalue weighted by Gasteiger charge is -2.21. The van der Waals surface area contributed by atoms with Crippen LogP contribution < -0.4 is 5.69 Å². The van der Waals surface area contributed by atoms with Crippen LogP contribution in [0.2, 0.25) is 0 Å². The fraction of sp³-hybridized carbons (Fsp3) is 0.316. The number of imidazole rings is 1. The van der Waals surface area contributed by atoms with Crippen LogP contribution in [0.5, 0.6) is 0 Å². The first kappa shape index (κ1) is 17.0. The summed E-state index contributed by atoms with van der Waals surface area (Å²) in [4.78, 5) is 30.7. The van der Waals surface area contributed by atoms with Crippen LogP contribution in [-0.2, 0) is 20.5 Å². The predicted molar refractivity (Wildman–Crippen MR) is 97.7 cm³/mol. The summed E-state index contributed by atoms with van der Waals surface area (Å²) in [5, 5.41) is 0. The van der Waals surface area contributed by atoms with Crippen LogP contribution in [-0.4, -0.2) is 38.0 Å². The van der Waals surface area contributed by atoms with E-state index >= 15 is 0 Å². The predicted octanol–water partition coefficient (Wildman–Crippen LogP) is 1.98. The zero-order chi connectivity index (χ0) is 18.0. The van der Waals surface area contributed by atoms with Crippen LogP contribution in [0.15, 0.2) is 47.5 Å². The zero-order valence-corrected chi connectivity index (χ0v) is 14.8. The summed E-state index contributed by atoms with van der Waals surface area (Å²) in [6.07, 6.45) is 4.31. The van der Waals surface area contributed by atoms with Crippen molar-refractivity contribution < 1.29 is 4.79 Å². The summed E-state index contributed by atoms with van der Waals surface area (Å²) in [7, 11) is 3.46. The number of aryl methyl sites for hydroxylation is 2. The van der Waals surface area contributed by atoms with Crippen molar-refractivity contribution in [3.63, 3.8) is 0 Å². The third-order valence-electron chi connectivity index (χ3n) is 4.61. The molecule has 130 valence electrons. The SMILES string of the molecule is CCN(CCc1ccncc1)C(=O)c1ccc2c(c1)n(C)c(=O)n2C. The number of hydrogen-bond acceptors (Lipinski definition) is 3. The molecule has 3 rings (SSSR count). The molecule has 2 heterocycles. The lowest BCUT2D eigenvalue weighted by atomic mass is 10.1. The van der Waals surface area contributed by atoms with E-state index in [2.05, 4.69) is 4.98 Å². The van der Waals surface area contributed by atoms with Gasteiger partial charge in [-0.25, -0.2) is 4.79 Å². The first-order chi connectivity index (χ1) is 12.0. The molecule has 6 nitrogen and oxygen atoms in total. The highest BCUT2D eigenvalue weighted by molar-refractivity contribution is 5.97. The molecule has 25 heavy (non-hydrogen) atoms. The molecule has 1 amide bonds. The van der Waals surface area contributed by atoms with E-state index in [0.29, 0.717) is 18.7 Å². The number of rotatable bonds is 5. The molecule has 0 aliphatic heterocycles. The fourth-order valence-electron chi connectivity index (χ4n) is 3.04. The van der Waals surface area contributed by atoms with Crippen molar-refractivity contribution in [2.45, 2.75) is 13.3 Å². The molecule has 0 unspecified atom stereocenters. The van der Waals surface area contributed by atoms with Crippen molar-refractivity contribution in [1.82, 2.24) is 19.0 Å². The van der Waals surface area contributed by atoms with Gasteiger partial charge < -0.3 is 4.90 Å². The summed E-state index contributed by atoms with van der Waals surface area (Å²) in [6, 6.07) is 9.35. The number of likely N-dealkylation sites (N-methyl/N-ethyl adjacent to an activating group) is 1. The summed E-state index contributed by atoms with van der Waals surface area (Å²) in [5.74, 6) is -0.0187. The largest absolute Gasteiger partial charge is 0.339 e. The van der Waals surface area contributed by atoms with Gasteiger partial charge in [0, 0.05) is 45.1 Å². The molecule has 0 aliphatic rings. The Morgan fingerprint density at radius 2 is 1.76 bits per heavy atom. The summed E-state index contributed by atoms with van der Waals surface area (Å²) >= 11 is 0. The minimum atomic E-state index is -0.0929. The van der Waals surface area contributed by atoms with Crippen molar-refractivity contribution in [3.05, 3.63) is 64.3 Å². The molecule has 1 aromatic carbocycles. The monoisotopic (exact) mass is 338 g/mol. The molecule has 0 spiro atoms. The highest BCUT2D eigenvalue weighted by Gasteiger charge is 2.16. The van der Waals surface area contributed by atoms with Crippen LogP contribution in [0.3, 0.4) is 0 Å². The molecule has 3 aromatic rings. The average molecular weight is 338 g/mol. The molecule has 0 N–H and O–H groups in total. The van der Waals surface area contributed by atoms with Crippen molar-refractivity contribution in [2.24, 2.45) is 14.1 Å². The Labute approximate surface area is 146 Å². The van der Waals surface area contributed by atoms with E-state index in [9.17, 15) is 9.59 Å². The Morgan fingerprint density at radius 3 is 2.44 bits per heavy atom. The van der Waals surface area contributed by atoms with Crippen LogP contribution in [0.25, 0.3) is 11.0 Å². The quantitative estimate of drug-likeness (QED) is 0.715. The minimum absolute atomic E-state index is 0.0187. The molecule has 0 aliphatic carbocycles. The number of benzene rings is 1.